The van der Waals surface area contributed by atoms with Gasteiger partial charge < -0.3 is 10.2 Å². The summed E-state index contributed by atoms with van der Waals surface area (Å²) >= 11 is 1.55. The lowest BCUT2D eigenvalue weighted by molar-refractivity contribution is -0.120. The third-order valence-corrected chi connectivity index (χ3v) is 5.15. The Kier molecular flexibility index (Phi) is 6.28. The number of hydrogen-bond acceptors (Lipinski definition) is 4. The van der Waals surface area contributed by atoms with Gasteiger partial charge in [-0.1, -0.05) is 6.07 Å². The van der Waals surface area contributed by atoms with Crippen LogP contribution in [0.4, 0.5) is 10.2 Å². The van der Waals surface area contributed by atoms with Crippen molar-refractivity contribution in [1.29, 1.82) is 0 Å². The van der Waals surface area contributed by atoms with Crippen LogP contribution in [0, 0.1) is 5.82 Å². The van der Waals surface area contributed by atoms with E-state index in [4.69, 9.17) is 0 Å². The van der Waals surface area contributed by atoms with Crippen LogP contribution in [0.3, 0.4) is 0 Å². The van der Waals surface area contributed by atoms with E-state index in [-0.39, 0.29) is 11.7 Å². The molecule has 132 valence electrons. The van der Waals surface area contributed by atoms with Crippen molar-refractivity contribution in [3.63, 3.8) is 0 Å². The highest BCUT2D eigenvalue weighted by Gasteiger charge is 2.13. The zero-order valence-electron chi connectivity index (χ0n) is 14.1. The van der Waals surface area contributed by atoms with E-state index in [1.165, 1.54) is 25.0 Å². The van der Waals surface area contributed by atoms with Gasteiger partial charge in [0.1, 0.15) is 11.6 Å². The Morgan fingerprint density at radius 2 is 1.92 bits per heavy atom. The van der Waals surface area contributed by atoms with Crippen molar-refractivity contribution in [3.05, 3.63) is 54.0 Å². The Labute approximate surface area is 151 Å². The van der Waals surface area contributed by atoms with E-state index in [0.29, 0.717) is 18.7 Å². The molecule has 1 aromatic carbocycles. The number of hydrogen-bond donors (Lipinski definition) is 1. The molecule has 0 unspecified atom stereocenters. The molecule has 0 saturated carbocycles. The van der Waals surface area contributed by atoms with Gasteiger partial charge in [0, 0.05) is 42.9 Å². The molecule has 1 N–H and O–H groups in total. The molecule has 1 amide bonds. The first-order chi connectivity index (χ1) is 12.2. The van der Waals surface area contributed by atoms with Crippen LogP contribution in [-0.2, 0) is 11.3 Å². The fourth-order valence-corrected chi connectivity index (χ4v) is 3.59. The molecular formula is C19H22FN3OS. The number of thioether (sulfide) groups is 1. The van der Waals surface area contributed by atoms with Crippen LogP contribution in [0.15, 0.2) is 47.5 Å². The van der Waals surface area contributed by atoms with E-state index in [1.807, 2.05) is 18.3 Å². The number of pyridine rings is 1. The van der Waals surface area contributed by atoms with Gasteiger partial charge in [0.2, 0.25) is 5.91 Å². The molecule has 3 rings (SSSR count). The second-order valence-corrected chi connectivity index (χ2v) is 7.22. The summed E-state index contributed by atoms with van der Waals surface area (Å²) in [6, 6.07) is 10.4. The second-order valence-electron chi connectivity index (χ2n) is 6.05. The highest BCUT2D eigenvalue weighted by atomic mass is 32.2. The minimum atomic E-state index is -0.244. The summed E-state index contributed by atoms with van der Waals surface area (Å²) in [4.78, 5) is 19.7. The van der Waals surface area contributed by atoms with Gasteiger partial charge in [-0.15, -0.1) is 11.8 Å². The maximum Gasteiger partial charge on any atom is 0.221 e. The molecule has 2 aromatic rings. The van der Waals surface area contributed by atoms with Gasteiger partial charge in [0.25, 0.3) is 0 Å². The zero-order chi connectivity index (χ0) is 17.5. The average molecular weight is 359 g/mol. The molecule has 1 aliphatic rings. The molecule has 0 atom stereocenters. The number of nitrogens with zero attached hydrogens (tertiary/aromatic N) is 2. The van der Waals surface area contributed by atoms with Crippen LogP contribution in [0.1, 0.15) is 24.8 Å². The predicted octanol–water partition coefficient (Wildman–Crippen LogP) is 3.62. The fraction of sp³-hybridized carbons (Fsp3) is 0.368. The molecule has 0 aliphatic carbocycles. The standard InChI is InChI=1S/C19H22FN3OS/c20-16-4-6-17(7-5-16)25-12-9-19(24)22-14-15-3-8-18(21-13-15)23-10-1-2-11-23/h3-8,13H,1-2,9-12,14H2,(H,22,24). The smallest absolute Gasteiger partial charge is 0.221 e. The van der Waals surface area contributed by atoms with Crippen LogP contribution in [-0.4, -0.2) is 29.7 Å². The molecule has 1 aliphatic heterocycles. The Morgan fingerprint density at radius 1 is 1.16 bits per heavy atom. The summed E-state index contributed by atoms with van der Waals surface area (Å²) in [5, 5.41) is 2.92. The van der Waals surface area contributed by atoms with E-state index >= 15 is 0 Å². The Balaban J connectivity index is 1.37. The van der Waals surface area contributed by atoms with Crippen molar-refractivity contribution >= 4 is 23.5 Å². The lowest BCUT2D eigenvalue weighted by Crippen LogP contribution is -2.23. The molecule has 0 radical (unpaired) electrons. The van der Waals surface area contributed by atoms with Gasteiger partial charge in [-0.05, 0) is 48.7 Å². The lowest BCUT2D eigenvalue weighted by Gasteiger charge is -2.16. The summed E-state index contributed by atoms with van der Waals surface area (Å²) in [5.41, 5.74) is 1.00. The monoisotopic (exact) mass is 359 g/mol. The second kappa shape index (κ2) is 8.85. The van der Waals surface area contributed by atoms with Crippen molar-refractivity contribution in [2.45, 2.75) is 30.7 Å². The van der Waals surface area contributed by atoms with Gasteiger partial charge in [-0.3, -0.25) is 4.79 Å². The molecule has 2 heterocycles. The number of halogens is 1. The number of carbonyl (C=O) groups excluding carboxylic acids is 1. The molecule has 0 spiro atoms. The molecule has 0 bridgehead atoms. The van der Waals surface area contributed by atoms with Crippen LogP contribution in [0.5, 0.6) is 0 Å². The highest BCUT2D eigenvalue weighted by Crippen LogP contribution is 2.19. The molecule has 1 aromatic heterocycles. The van der Waals surface area contributed by atoms with Crippen LogP contribution >= 0.6 is 11.8 Å². The van der Waals surface area contributed by atoms with Gasteiger partial charge in [0.05, 0.1) is 0 Å². The number of amides is 1. The van der Waals surface area contributed by atoms with Crippen molar-refractivity contribution in [2.24, 2.45) is 0 Å². The molecule has 1 fully saturated rings. The molecule has 25 heavy (non-hydrogen) atoms. The Morgan fingerprint density at radius 3 is 2.60 bits per heavy atom. The number of anilines is 1. The first-order valence-corrected chi connectivity index (χ1v) is 9.54. The van der Waals surface area contributed by atoms with Gasteiger partial charge in [-0.2, -0.15) is 0 Å². The van der Waals surface area contributed by atoms with Gasteiger partial charge >= 0.3 is 0 Å². The minimum absolute atomic E-state index is 0.0123. The number of aromatic nitrogens is 1. The highest BCUT2D eigenvalue weighted by molar-refractivity contribution is 7.99. The summed E-state index contributed by atoms with van der Waals surface area (Å²) in [7, 11) is 0. The molecule has 1 saturated heterocycles. The number of carbonyl (C=O) groups is 1. The van der Waals surface area contributed by atoms with Crippen molar-refractivity contribution < 1.29 is 9.18 Å². The first-order valence-electron chi connectivity index (χ1n) is 8.56. The van der Waals surface area contributed by atoms with Crippen LogP contribution in [0.25, 0.3) is 0 Å². The number of nitrogens with one attached hydrogen (secondary N) is 1. The van der Waals surface area contributed by atoms with Crippen molar-refractivity contribution in [2.75, 3.05) is 23.7 Å². The quantitative estimate of drug-likeness (QED) is 0.767. The molecular weight excluding hydrogens is 337 g/mol. The maximum atomic E-state index is 12.8. The SMILES string of the molecule is O=C(CCSc1ccc(F)cc1)NCc1ccc(N2CCCC2)nc1. The summed E-state index contributed by atoms with van der Waals surface area (Å²) in [6.45, 7) is 2.65. The average Bonchev–Trinajstić information content (AvgIpc) is 3.17. The molecule has 4 nitrogen and oxygen atoms in total. The van der Waals surface area contributed by atoms with Gasteiger partial charge in [0.15, 0.2) is 0 Å². The third-order valence-electron chi connectivity index (χ3n) is 4.14. The minimum Gasteiger partial charge on any atom is -0.357 e. The predicted molar refractivity (Wildman–Crippen MR) is 99.3 cm³/mol. The number of rotatable bonds is 7. The fourth-order valence-electron chi connectivity index (χ4n) is 2.74. The van der Waals surface area contributed by atoms with E-state index < -0.39 is 0 Å². The van der Waals surface area contributed by atoms with Gasteiger partial charge in [-0.25, -0.2) is 9.37 Å². The lowest BCUT2D eigenvalue weighted by atomic mass is 10.2. The first kappa shape index (κ1) is 17.7. The maximum absolute atomic E-state index is 12.8. The van der Waals surface area contributed by atoms with Crippen molar-refractivity contribution in [1.82, 2.24) is 10.3 Å². The van der Waals surface area contributed by atoms with E-state index in [0.717, 1.165) is 29.4 Å². The Bertz CT molecular complexity index is 685. The topological polar surface area (TPSA) is 45.2 Å². The summed E-state index contributed by atoms with van der Waals surface area (Å²) in [5.74, 6) is 1.46. The third kappa shape index (κ3) is 5.46. The summed E-state index contributed by atoms with van der Waals surface area (Å²) < 4.78 is 12.8. The Hall–Kier alpha value is -2.08. The zero-order valence-corrected chi connectivity index (χ0v) is 14.9. The number of benzene rings is 1. The largest absolute Gasteiger partial charge is 0.357 e. The normalized spacial score (nSPS) is 13.9. The van der Waals surface area contributed by atoms with Crippen LogP contribution in [0.2, 0.25) is 0 Å². The molecule has 6 heteroatoms. The van der Waals surface area contributed by atoms with E-state index in [1.54, 1.807) is 23.9 Å². The summed E-state index contributed by atoms with van der Waals surface area (Å²) in [6.07, 6.45) is 4.73. The van der Waals surface area contributed by atoms with Crippen molar-refractivity contribution in [3.8, 4) is 0 Å². The van der Waals surface area contributed by atoms with E-state index in [2.05, 4.69) is 15.2 Å². The van der Waals surface area contributed by atoms with E-state index in [9.17, 15) is 9.18 Å². The van der Waals surface area contributed by atoms with Crippen LogP contribution < -0.4 is 10.2 Å².